The van der Waals surface area contributed by atoms with E-state index in [9.17, 15) is 5.11 Å². The molecule has 16 heavy (non-hydrogen) atoms. The van der Waals surface area contributed by atoms with Gasteiger partial charge >= 0.3 is 0 Å². The van der Waals surface area contributed by atoms with Crippen LogP contribution in [0.5, 0.6) is 0 Å². The Morgan fingerprint density at radius 3 is 2.81 bits per heavy atom. The van der Waals surface area contributed by atoms with E-state index in [4.69, 9.17) is 0 Å². The van der Waals surface area contributed by atoms with Gasteiger partial charge in [-0.1, -0.05) is 13.3 Å². The van der Waals surface area contributed by atoms with E-state index in [2.05, 4.69) is 31.2 Å². The molecule has 1 atom stereocenters. The molecule has 1 aromatic heterocycles. The molecule has 0 aromatic carbocycles. The highest BCUT2D eigenvalue weighted by molar-refractivity contribution is 5.01. The number of aliphatic hydroxyl groups is 1. The third kappa shape index (κ3) is 3.32. The molecule has 0 aliphatic carbocycles. The summed E-state index contributed by atoms with van der Waals surface area (Å²) in [6.07, 6.45) is 3.86. The van der Waals surface area contributed by atoms with Crippen molar-refractivity contribution in [3.05, 3.63) is 18.0 Å². The number of aliphatic hydroxyl groups excluding tert-OH is 1. The van der Waals surface area contributed by atoms with Gasteiger partial charge in [-0.3, -0.25) is 4.68 Å². The summed E-state index contributed by atoms with van der Waals surface area (Å²) < 4.78 is 1.97. The normalized spacial score (nSPS) is 15.0. The molecule has 0 saturated heterocycles. The quantitative estimate of drug-likeness (QED) is 0.740. The van der Waals surface area contributed by atoms with Crippen molar-refractivity contribution in [1.29, 1.82) is 0 Å². The smallest absolute Gasteiger partial charge is 0.0610 e. The van der Waals surface area contributed by atoms with Crippen molar-refractivity contribution < 1.29 is 5.11 Å². The van der Waals surface area contributed by atoms with Gasteiger partial charge in [0.1, 0.15) is 0 Å². The molecule has 0 saturated carbocycles. The number of hydrogen-bond donors (Lipinski definition) is 2. The van der Waals surface area contributed by atoms with Crippen molar-refractivity contribution in [3.63, 3.8) is 0 Å². The van der Waals surface area contributed by atoms with Gasteiger partial charge in [0.25, 0.3) is 0 Å². The first-order valence-corrected chi connectivity index (χ1v) is 6.01. The van der Waals surface area contributed by atoms with Gasteiger partial charge in [0.15, 0.2) is 0 Å². The Bertz CT molecular complexity index is 311. The Hall–Kier alpha value is -0.870. The van der Waals surface area contributed by atoms with E-state index in [1.807, 2.05) is 16.9 Å². The number of hydrogen-bond acceptors (Lipinski definition) is 3. The van der Waals surface area contributed by atoms with Crippen LogP contribution in [-0.2, 0) is 13.1 Å². The average molecular weight is 225 g/mol. The zero-order valence-corrected chi connectivity index (χ0v) is 10.5. The van der Waals surface area contributed by atoms with Gasteiger partial charge in [-0.15, -0.1) is 0 Å². The molecule has 4 nitrogen and oxygen atoms in total. The summed E-state index contributed by atoms with van der Waals surface area (Å²) in [5, 5.41) is 17.0. The molecule has 2 N–H and O–H groups in total. The monoisotopic (exact) mass is 225 g/mol. The fourth-order valence-corrected chi connectivity index (χ4v) is 1.87. The van der Waals surface area contributed by atoms with Gasteiger partial charge in [0.2, 0.25) is 0 Å². The minimum Gasteiger partial charge on any atom is -0.394 e. The van der Waals surface area contributed by atoms with Gasteiger partial charge in [-0.2, -0.15) is 5.10 Å². The minimum absolute atomic E-state index is 0.168. The van der Waals surface area contributed by atoms with Crippen molar-refractivity contribution in [3.8, 4) is 0 Å². The zero-order valence-electron chi connectivity index (χ0n) is 10.5. The van der Waals surface area contributed by atoms with Crippen LogP contribution in [0.1, 0.15) is 39.3 Å². The molecule has 1 heterocycles. The second-order valence-electron chi connectivity index (χ2n) is 4.46. The number of aromatic nitrogens is 2. The van der Waals surface area contributed by atoms with Crippen LogP contribution in [0.2, 0.25) is 0 Å². The average Bonchev–Trinajstić information content (AvgIpc) is 2.74. The van der Waals surface area contributed by atoms with Crippen molar-refractivity contribution in [2.24, 2.45) is 0 Å². The van der Waals surface area contributed by atoms with Gasteiger partial charge in [0.05, 0.1) is 12.3 Å². The maximum atomic E-state index is 9.39. The molecule has 1 rings (SSSR count). The van der Waals surface area contributed by atoms with Crippen molar-refractivity contribution in [2.45, 2.75) is 52.2 Å². The predicted molar refractivity (Wildman–Crippen MR) is 65.1 cm³/mol. The van der Waals surface area contributed by atoms with Crippen molar-refractivity contribution >= 4 is 0 Å². The summed E-state index contributed by atoms with van der Waals surface area (Å²) in [6, 6.07) is 2.01. The van der Waals surface area contributed by atoms with Gasteiger partial charge in [0, 0.05) is 24.8 Å². The summed E-state index contributed by atoms with van der Waals surface area (Å²) in [5.74, 6) is 0. The van der Waals surface area contributed by atoms with Crippen molar-refractivity contribution in [1.82, 2.24) is 15.1 Å². The zero-order chi connectivity index (χ0) is 12.0. The Labute approximate surface area is 97.7 Å². The summed E-state index contributed by atoms with van der Waals surface area (Å²) >= 11 is 0. The number of aryl methyl sites for hydroxylation is 1. The fourth-order valence-electron chi connectivity index (χ4n) is 1.87. The number of nitrogens with one attached hydrogen (secondary N) is 1. The molecule has 0 bridgehead atoms. The molecular formula is C12H23N3O. The Morgan fingerprint density at radius 2 is 2.25 bits per heavy atom. The van der Waals surface area contributed by atoms with E-state index >= 15 is 0 Å². The first-order chi connectivity index (χ1) is 7.65. The highest BCUT2D eigenvalue weighted by Crippen LogP contribution is 2.12. The standard InChI is InChI=1S/C12H23N3O/c1-4-7-12(3,10-16)13-9-11-6-8-14-15(11)5-2/h6,8,13,16H,4-5,7,9-10H2,1-3H3. The van der Waals surface area contributed by atoms with Crippen LogP contribution in [0.15, 0.2) is 12.3 Å². The maximum absolute atomic E-state index is 9.39. The lowest BCUT2D eigenvalue weighted by atomic mass is 9.97. The second-order valence-corrected chi connectivity index (χ2v) is 4.46. The molecule has 0 aliphatic heterocycles. The molecule has 4 heteroatoms. The van der Waals surface area contributed by atoms with Crippen LogP contribution in [0.3, 0.4) is 0 Å². The maximum Gasteiger partial charge on any atom is 0.0610 e. The summed E-state index contributed by atoms with van der Waals surface area (Å²) in [7, 11) is 0. The molecule has 0 amide bonds. The molecular weight excluding hydrogens is 202 g/mol. The lowest BCUT2D eigenvalue weighted by Gasteiger charge is -2.28. The van der Waals surface area contributed by atoms with Crippen LogP contribution >= 0.6 is 0 Å². The third-order valence-electron chi connectivity index (χ3n) is 2.95. The Balaban J connectivity index is 2.55. The highest BCUT2D eigenvalue weighted by Gasteiger charge is 2.21. The SMILES string of the molecule is CCCC(C)(CO)NCc1ccnn1CC. The fraction of sp³-hybridized carbons (Fsp3) is 0.750. The number of nitrogens with zero attached hydrogens (tertiary/aromatic N) is 2. The van der Waals surface area contributed by atoms with E-state index in [0.29, 0.717) is 0 Å². The molecule has 0 radical (unpaired) electrons. The molecule has 92 valence electrons. The first kappa shape index (κ1) is 13.2. The Morgan fingerprint density at radius 1 is 1.50 bits per heavy atom. The van der Waals surface area contributed by atoms with Gasteiger partial charge in [-0.05, 0) is 26.3 Å². The van der Waals surface area contributed by atoms with E-state index < -0.39 is 0 Å². The van der Waals surface area contributed by atoms with Crippen LogP contribution in [0.25, 0.3) is 0 Å². The largest absolute Gasteiger partial charge is 0.394 e. The Kier molecular flexibility index (Phi) is 4.96. The van der Waals surface area contributed by atoms with E-state index in [1.165, 1.54) is 5.69 Å². The summed E-state index contributed by atoms with van der Waals surface area (Å²) in [5.41, 5.74) is 0.982. The van der Waals surface area contributed by atoms with Crippen LogP contribution in [0, 0.1) is 0 Å². The first-order valence-electron chi connectivity index (χ1n) is 6.01. The molecule has 0 aliphatic rings. The van der Waals surface area contributed by atoms with E-state index in [1.54, 1.807) is 0 Å². The topological polar surface area (TPSA) is 50.1 Å². The second kappa shape index (κ2) is 6.01. The molecule has 0 spiro atoms. The van der Waals surface area contributed by atoms with E-state index in [0.717, 1.165) is 25.9 Å². The lowest BCUT2D eigenvalue weighted by Crippen LogP contribution is -2.45. The predicted octanol–water partition coefficient (Wildman–Crippen LogP) is 1.54. The van der Waals surface area contributed by atoms with Crippen LogP contribution in [0.4, 0.5) is 0 Å². The van der Waals surface area contributed by atoms with Crippen molar-refractivity contribution in [2.75, 3.05) is 6.61 Å². The molecule has 0 fully saturated rings. The van der Waals surface area contributed by atoms with E-state index in [-0.39, 0.29) is 12.1 Å². The van der Waals surface area contributed by atoms with Gasteiger partial charge in [-0.25, -0.2) is 0 Å². The highest BCUT2D eigenvalue weighted by atomic mass is 16.3. The van der Waals surface area contributed by atoms with Crippen LogP contribution in [-0.4, -0.2) is 27.0 Å². The third-order valence-corrected chi connectivity index (χ3v) is 2.95. The van der Waals surface area contributed by atoms with Crippen LogP contribution < -0.4 is 5.32 Å². The minimum atomic E-state index is -0.183. The summed E-state index contributed by atoms with van der Waals surface area (Å²) in [4.78, 5) is 0. The molecule has 1 aromatic rings. The molecule has 1 unspecified atom stereocenters. The van der Waals surface area contributed by atoms with Gasteiger partial charge < -0.3 is 10.4 Å². The number of rotatable bonds is 7. The summed E-state index contributed by atoms with van der Waals surface area (Å²) in [6.45, 7) is 8.07. The lowest BCUT2D eigenvalue weighted by molar-refractivity contribution is 0.162.